The lowest BCUT2D eigenvalue weighted by atomic mass is 9.96. The molecule has 3 rings (SSSR count). The number of nitrogens with two attached hydrogens (primary N) is 1. The second-order valence-corrected chi connectivity index (χ2v) is 7.48. The van der Waals surface area contributed by atoms with E-state index in [0.29, 0.717) is 31.6 Å². The molecule has 156 valence electrons. The SMILES string of the molecule is NC(=O)C1CCN(C(=O)CCNC(=O)[C@@H]2CC(=O)N(c3ccc(F)cc3)C2)CC1. The van der Waals surface area contributed by atoms with E-state index in [1.54, 1.807) is 4.90 Å². The van der Waals surface area contributed by atoms with Gasteiger partial charge in [0.15, 0.2) is 0 Å². The van der Waals surface area contributed by atoms with Crippen molar-refractivity contribution >= 4 is 29.3 Å². The van der Waals surface area contributed by atoms with E-state index in [1.165, 1.54) is 29.2 Å². The minimum atomic E-state index is -0.506. The maximum atomic E-state index is 13.1. The number of carbonyl (C=O) groups excluding carboxylic acids is 4. The van der Waals surface area contributed by atoms with Gasteiger partial charge in [-0.1, -0.05) is 0 Å². The Labute approximate surface area is 168 Å². The summed E-state index contributed by atoms with van der Waals surface area (Å²) in [6, 6.07) is 5.56. The minimum absolute atomic E-state index is 0.0799. The predicted octanol–water partition coefficient (Wildman–Crippen LogP) is 0.409. The highest BCUT2D eigenvalue weighted by Gasteiger charge is 2.35. The molecule has 2 saturated heterocycles. The summed E-state index contributed by atoms with van der Waals surface area (Å²) in [5, 5.41) is 2.72. The van der Waals surface area contributed by atoms with Crippen molar-refractivity contribution in [2.75, 3.05) is 31.1 Å². The number of amides is 4. The van der Waals surface area contributed by atoms with E-state index in [4.69, 9.17) is 5.73 Å². The number of nitrogens with zero attached hydrogens (tertiary/aromatic N) is 2. The quantitative estimate of drug-likeness (QED) is 0.715. The van der Waals surface area contributed by atoms with E-state index in [1.807, 2.05) is 0 Å². The van der Waals surface area contributed by atoms with Gasteiger partial charge in [0.25, 0.3) is 0 Å². The topological polar surface area (TPSA) is 113 Å². The lowest BCUT2D eigenvalue weighted by Gasteiger charge is -2.30. The first-order valence-electron chi connectivity index (χ1n) is 9.76. The largest absolute Gasteiger partial charge is 0.369 e. The Morgan fingerprint density at radius 3 is 2.38 bits per heavy atom. The highest BCUT2D eigenvalue weighted by molar-refractivity contribution is 6.00. The molecule has 2 heterocycles. The summed E-state index contributed by atoms with van der Waals surface area (Å²) in [6.45, 7) is 1.40. The number of rotatable bonds is 6. The minimum Gasteiger partial charge on any atom is -0.369 e. The highest BCUT2D eigenvalue weighted by Crippen LogP contribution is 2.25. The third-order valence-electron chi connectivity index (χ3n) is 5.52. The summed E-state index contributed by atoms with van der Waals surface area (Å²) in [7, 11) is 0. The second-order valence-electron chi connectivity index (χ2n) is 7.48. The van der Waals surface area contributed by atoms with Crippen LogP contribution in [0.4, 0.5) is 10.1 Å². The van der Waals surface area contributed by atoms with Crippen molar-refractivity contribution in [3.8, 4) is 0 Å². The van der Waals surface area contributed by atoms with Crippen molar-refractivity contribution in [1.82, 2.24) is 10.2 Å². The second kappa shape index (κ2) is 9.02. The van der Waals surface area contributed by atoms with E-state index in [-0.39, 0.29) is 55.5 Å². The summed E-state index contributed by atoms with van der Waals surface area (Å²) in [5.74, 6) is -1.95. The number of carbonyl (C=O) groups is 4. The summed E-state index contributed by atoms with van der Waals surface area (Å²) in [5.41, 5.74) is 5.85. The van der Waals surface area contributed by atoms with Gasteiger partial charge in [0, 0.05) is 50.6 Å². The van der Waals surface area contributed by atoms with Crippen molar-refractivity contribution in [1.29, 1.82) is 0 Å². The monoisotopic (exact) mass is 404 g/mol. The number of benzene rings is 1. The van der Waals surface area contributed by atoms with Crippen LogP contribution in [-0.4, -0.2) is 54.7 Å². The van der Waals surface area contributed by atoms with Gasteiger partial charge in [0.2, 0.25) is 23.6 Å². The first kappa shape index (κ1) is 20.8. The average molecular weight is 404 g/mol. The predicted molar refractivity (Wildman–Crippen MR) is 103 cm³/mol. The fraction of sp³-hybridized carbons (Fsp3) is 0.500. The molecule has 0 unspecified atom stereocenters. The number of nitrogens with one attached hydrogen (secondary N) is 1. The molecule has 2 aliphatic heterocycles. The molecule has 29 heavy (non-hydrogen) atoms. The van der Waals surface area contributed by atoms with Crippen LogP contribution < -0.4 is 16.0 Å². The zero-order valence-electron chi connectivity index (χ0n) is 16.1. The third-order valence-corrected chi connectivity index (χ3v) is 5.52. The average Bonchev–Trinajstić information content (AvgIpc) is 3.10. The van der Waals surface area contributed by atoms with Crippen LogP contribution in [0.5, 0.6) is 0 Å². The molecule has 0 aromatic heterocycles. The van der Waals surface area contributed by atoms with Crippen molar-refractivity contribution in [3.63, 3.8) is 0 Å². The number of primary amides is 1. The number of piperidine rings is 1. The van der Waals surface area contributed by atoms with Crippen LogP contribution in [0.1, 0.15) is 25.7 Å². The molecule has 0 spiro atoms. The van der Waals surface area contributed by atoms with Crippen LogP contribution in [-0.2, 0) is 19.2 Å². The molecule has 0 aliphatic carbocycles. The zero-order chi connectivity index (χ0) is 21.0. The number of hydrogen-bond donors (Lipinski definition) is 2. The molecular weight excluding hydrogens is 379 g/mol. The Hall–Kier alpha value is -2.97. The zero-order valence-corrected chi connectivity index (χ0v) is 16.1. The molecule has 2 aliphatic rings. The van der Waals surface area contributed by atoms with Crippen LogP contribution in [0.2, 0.25) is 0 Å². The molecule has 1 aromatic rings. The van der Waals surface area contributed by atoms with E-state index in [0.717, 1.165) is 0 Å². The van der Waals surface area contributed by atoms with Crippen LogP contribution in [0, 0.1) is 17.7 Å². The number of halogens is 1. The van der Waals surface area contributed by atoms with Crippen LogP contribution in [0.15, 0.2) is 24.3 Å². The van der Waals surface area contributed by atoms with Crippen molar-refractivity contribution in [2.24, 2.45) is 17.6 Å². The Kier molecular flexibility index (Phi) is 6.46. The molecule has 0 saturated carbocycles. The van der Waals surface area contributed by atoms with Gasteiger partial charge in [-0.3, -0.25) is 19.2 Å². The summed E-state index contributed by atoms with van der Waals surface area (Å²) >= 11 is 0. The Balaban J connectivity index is 1.42. The molecule has 2 fully saturated rings. The van der Waals surface area contributed by atoms with Crippen LogP contribution in [0.3, 0.4) is 0 Å². The molecule has 0 radical (unpaired) electrons. The molecule has 8 nitrogen and oxygen atoms in total. The number of hydrogen-bond acceptors (Lipinski definition) is 4. The first-order valence-corrected chi connectivity index (χ1v) is 9.76. The van der Waals surface area contributed by atoms with Crippen LogP contribution in [0.25, 0.3) is 0 Å². The van der Waals surface area contributed by atoms with E-state index >= 15 is 0 Å². The van der Waals surface area contributed by atoms with Gasteiger partial charge in [-0.25, -0.2) is 4.39 Å². The van der Waals surface area contributed by atoms with Crippen molar-refractivity contribution in [3.05, 3.63) is 30.1 Å². The Bertz CT molecular complexity index is 790. The van der Waals surface area contributed by atoms with Gasteiger partial charge < -0.3 is 20.9 Å². The smallest absolute Gasteiger partial charge is 0.227 e. The van der Waals surface area contributed by atoms with Gasteiger partial charge >= 0.3 is 0 Å². The summed E-state index contributed by atoms with van der Waals surface area (Å²) in [6.07, 6.45) is 1.38. The number of likely N-dealkylation sites (tertiary alicyclic amines) is 1. The summed E-state index contributed by atoms with van der Waals surface area (Å²) < 4.78 is 13.1. The fourth-order valence-electron chi connectivity index (χ4n) is 3.76. The summed E-state index contributed by atoms with van der Waals surface area (Å²) in [4.78, 5) is 51.2. The van der Waals surface area contributed by atoms with Gasteiger partial charge in [-0.05, 0) is 37.1 Å². The first-order chi connectivity index (χ1) is 13.8. The lowest BCUT2D eigenvalue weighted by Crippen LogP contribution is -2.43. The van der Waals surface area contributed by atoms with Gasteiger partial charge in [0.1, 0.15) is 5.82 Å². The normalized spacial score (nSPS) is 20.0. The third kappa shape index (κ3) is 5.10. The standard InChI is InChI=1S/C20H25FN4O4/c21-15-1-3-16(4-2-15)25-12-14(11-18(25)27)20(29)23-8-5-17(26)24-9-6-13(7-10-24)19(22)28/h1-4,13-14H,5-12H2,(H2,22,28)(H,23,29)/t14-/m1/s1. The van der Waals surface area contributed by atoms with Crippen LogP contribution >= 0.6 is 0 Å². The van der Waals surface area contributed by atoms with Gasteiger partial charge in [-0.15, -0.1) is 0 Å². The Morgan fingerprint density at radius 2 is 1.76 bits per heavy atom. The van der Waals surface area contributed by atoms with E-state index < -0.39 is 11.7 Å². The molecule has 4 amide bonds. The van der Waals surface area contributed by atoms with Gasteiger partial charge in [-0.2, -0.15) is 0 Å². The van der Waals surface area contributed by atoms with Gasteiger partial charge in [0.05, 0.1) is 5.92 Å². The molecule has 9 heteroatoms. The number of anilines is 1. The fourth-order valence-corrected chi connectivity index (χ4v) is 3.76. The molecule has 0 bridgehead atoms. The highest BCUT2D eigenvalue weighted by atomic mass is 19.1. The van der Waals surface area contributed by atoms with E-state index in [2.05, 4.69) is 5.32 Å². The molecule has 1 atom stereocenters. The maximum Gasteiger partial charge on any atom is 0.227 e. The Morgan fingerprint density at radius 1 is 1.10 bits per heavy atom. The molecule has 1 aromatic carbocycles. The van der Waals surface area contributed by atoms with Crippen molar-refractivity contribution < 1.29 is 23.6 Å². The molecule has 3 N–H and O–H groups in total. The molecular formula is C20H25FN4O4. The van der Waals surface area contributed by atoms with E-state index in [9.17, 15) is 23.6 Å². The maximum absolute atomic E-state index is 13.1. The lowest BCUT2D eigenvalue weighted by molar-refractivity contribution is -0.135. The van der Waals surface area contributed by atoms with Crippen molar-refractivity contribution in [2.45, 2.75) is 25.7 Å².